The first-order chi connectivity index (χ1) is 12.3. The Balaban J connectivity index is 2.14. The van der Waals surface area contributed by atoms with Gasteiger partial charge in [0.1, 0.15) is 11.5 Å². The maximum atomic E-state index is 12.0. The van der Waals surface area contributed by atoms with Crippen LogP contribution in [0.5, 0.6) is 0 Å². The fourth-order valence-corrected chi connectivity index (χ4v) is 3.05. The number of amides is 1. The number of carbonyl (C=O) groups is 1. The van der Waals surface area contributed by atoms with Crippen molar-refractivity contribution in [3.05, 3.63) is 65.4 Å². The minimum absolute atomic E-state index is 0.000864. The van der Waals surface area contributed by atoms with E-state index in [0.29, 0.717) is 16.5 Å². The summed E-state index contributed by atoms with van der Waals surface area (Å²) < 4.78 is 24.5. The van der Waals surface area contributed by atoms with Crippen molar-refractivity contribution in [2.75, 3.05) is 7.05 Å². The lowest BCUT2D eigenvalue weighted by Crippen LogP contribution is -2.18. The number of nitrogens with two attached hydrogens (primary N) is 1. The molecule has 2 aromatic carbocycles. The number of halogens is 1. The predicted molar refractivity (Wildman–Crippen MR) is 98.8 cm³/mol. The number of rotatable bonds is 4. The van der Waals surface area contributed by atoms with Crippen LogP contribution >= 0.6 is 11.6 Å². The molecule has 3 N–H and O–H groups in total. The van der Waals surface area contributed by atoms with E-state index in [1.54, 1.807) is 47.2 Å². The summed E-state index contributed by atoms with van der Waals surface area (Å²) in [5.74, 6) is 0.184. The Hall–Kier alpha value is -2.68. The van der Waals surface area contributed by atoms with Gasteiger partial charge in [-0.15, -0.1) is 0 Å². The molecule has 26 heavy (non-hydrogen) atoms. The van der Waals surface area contributed by atoms with E-state index in [1.807, 2.05) is 0 Å². The average Bonchev–Trinajstić information content (AvgIpc) is 3.06. The summed E-state index contributed by atoms with van der Waals surface area (Å²) in [6.07, 6.45) is 1.58. The zero-order chi connectivity index (χ0) is 18.9. The van der Waals surface area contributed by atoms with Crippen molar-refractivity contribution in [3.63, 3.8) is 0 Å². The summed E-state index contributed by atoms with van der Waals surface area (Å²) >= 11 is 5.93. The summed E-state index contributed by atoms with van der Waals surface area (Å²) in [6, 6.07) is 13.0. The second kappa shape index (κ2) is 6.91. The number of benzene rings is 2. The van der Waals surface area contributed by atoms with Crippen molar-refractivity contribution in [3.8, 4) is 17.1 Å². The molecule has 0 saturated carbocycles. The van der Waals surface area contributed by atoms with Gasteiger partial charge in [0.05, 0.1) is 4.90 Å². The zero-order valence-electron chi connectivity index (χ0n) is 13.7. The van der Waals surface area contributed by atoms with Crippen LogP contribution < -0.4 is 10.5 Å². The molecule has 0 aliphatic heterocycles. The normalized spacial score (nSPS) is 11.3. The Labute approximate surface area is 155 Å². The maximum absolute atomic E-state index is 12.0. The highest BCUT2D eigenvalue weighted by Crippen LogP contribution is 2.25. The number of hydrogen-bond donors (Lipinski definition) is 2. The van der Waals surface area contributed by atoms with E-state index >= 15 is 0 Å². The monoisotopic (exact) mass is 390 g/mol. The molecule has 0 aliphatic carbocycles. The van der Waals surface area contributed by atoms with Crippen molar-refractivity contribution < 1.29 is 13.2 Å². The molecule has 9 heteroatoms. The van der Waals surface area contributed by atoms with Crippen molar-refractivity contribution >= 4 is 27.5 Å². The second-order valence-corrected chi connectivity index (χ2v) is 7.44. The van der Waals surface area contributed by atoms with E-state index in [4.69, 9.17) is 16.7 Å². The molecule has 1 aromatic heterocycles. The van der Waals surface area contributed by atoms with Crippen LogP contribution in [-0.4, -0.2) is 30.9 Å². The second-order valence-electron chi connectivity index (χ2n) is 5.44. The number of sulfonamides is 1. The van der Waals surface area contributed by atoms with Crippen LogP contribution in [0.2, 0.25) is 5.02 Å². The molecule has 7 nitrogen and oxygen atoms in total. The molecule has 3 rings (SSSR count). The lowest BCUT2D eigenvalue weighted by molar-refractivity contribution is 0.0958. The lowest BCUT2D eigenvalue weighted by atomic mass is 10.2. The average molecular weight is 391 g/mol. The van der Waals surface area contributed by atoms with Crippen molar-refractivity contribution in [2.45, 2.75) is 4.90 Å². The number of nitrogens with zero attached hydrogens (tertiary/aromatic N) is 2. The van der Waals surface area contributed by atoms with Crippen molar-refractivity contribution in [1.29, 1.82) is 0 Å². The van der Waals surface area contributed by atoms with Crippen LogP contribution in [0, 0.1) is 0 Å². The van der Waals surface area contributed by atoms with E-state index in [9.17, 15) is 13.2 Å². The molecule has 0 bridgehead atoms. The van der Waals surface area contributed by atoms with Gasteiger partial charge in [-0.05, 0) is 48.5 Å². The van der Waals surface area contributed by atoms with Gasteiger partial charge in [-0.1, -0.05) is 11.6 Å². The third kappa shape index (κ3) is 3.62. The largest absolute Gasteiger partial charge is 0.354 e. The molecule has 0 unspecified atom stereocenters. The quantitative estimate of drug-likeness (QED) is 0.711. The first-order valence-corrected chi connectivity index (χ1v) is 9.42. The fraction of sp³-hybridized carbons (Fsp3) is 0.0588. The van der Waals surface area contributed by atoms with Crippen LogP contribution in [0.4, 0.5) is 0 Å². The van der Waals surface area contributed by atoms with E-state index in [1.165, 1.54) is 19.2 Å². The summed E-state index contributed by atoms with van der Waals surface area (Å²) in [5, 5.41) is 8.24. The molecule has 0 fully saturated rings. The lowest BCUT2D eigenvalue weighted by Gasteiger charge is -2.08. The van der Waals surface area contributed by atoms with Crippen molar-refractivity contribution in [2.24, 2.45) is 5.14 Å². The van der Waals surface area contributed by atoms with Gasteiger partial charge in [-0.3, -0.25) is 9.36 Å². The number of hydrogen-bond acceptors (Lipinski definition) is 4. The standard InChI is InChI=1S/C17H15ClN4O3S/c1-20-17(23)15-10-22(13-6-8-14(9-7-13)26(19,24)25)16(21-15)11-2-4-12(18)5-3-11/h2-10H,1H3,(H,20,23)(H2,19,24,25). The van der Waals surface area contributed by atoms with E-state index in [-0.39, 0.29) is 16.5 Å². The van der Waals surface area contributed by atoms with Gasteiger partial charge < -0.3 is 5.32 Å². The Kier molecular flexibility index (Phi) is 4.82. The van der Waals surface area contributed by atoms with Crippen LogP contribution in [0.15, 0.2) is 59.6 Å². The van der Waals surface area contributed by atoms with Gasteiger partial charge in [0, 0.05) is 29.5 Å². The highest BCUT2D eigenvalue weighted by atomic mass is 35.5. The Morgan fingerprint density at radius 2 is 1.73 bits per heavy atom. The zero-order valence-corrected chi connectivity index (χ0v) is 15.3. The van der Waals surface area contributed by atoms with Crippen LogP contribution in [-0.2, 0) is 10.0 Å². The summed E-state index contributed by atoms with van der Waals surface area (Å²) in [5.41, 5.74) is 1.61. The fourth-order valence-electron chi connectivity index (χ4n) is 2.41. The topological polar surface area (TPSA) is 107 Å². The molecular weight excluding hydrogens is 376 g/mol. The summed E-state index contributed by atoms with van der Waals surface area (Å²) in [7, 11) is -2.27. The number of carbonyl (C=O) groups excluding carboxylic acids is 1. The minimum Gasteiger partial charge on any atom is -0.354 e. The minimum atomic E-state index is -3.78. The van der Waals surface area contributed by atoms with Gasteiger partial charge in [0.2, 0.25) is 10.0 Å². The van der Waals surface area contributed by atoms with Gasteiger partial charge >= 0.3 is 0 Å². The summed E-state index contributed by atoms with van der Waals surface area (Å²) in [6.45, 7) is 0. The molecule has 1 heterocycles. The highest BCUT2D eigenvalue weighted by Gasteiger charge is 2.16. The SMILES string of the molecule is CNC(=O)c1cn(-c2ccc(S(N)(=O)=O)cc2)c(-c2ccc(Cl)cc2)n1. The molecule has 134 valence electrons. The molecule has 0 aliphatic rings. The van der Waals surface area contributed by atoms with Gasteiger partial charge in [0.25, 0.3) is 5.91 Å². The van der Waals surface area contributed by atoms with Gasteiger partial charge in [0.15, 0.2) is 0 Å². The number of nitrogens with one attached hydrogen (secondary N) is 1. The molecule has 3 aromatic rings. The highest BCUT2D eigenvalue weighted by molar-refractivity contribution is 7.89. The number of aromatic nitrogens is 2. The van der Waals surface area contributed by atoms with Crippen LogP contribution in [0.25, 0.3) is 17.1 Å². The summed E-state index contributed by atoms with van der Waals surface area (Å²) in [4.78, 5) is 16.4. The number of primary sulfonamides is 1. The Morgan fingerprint density at radius 3 is 2.27 bits per heavy atom. The third-order valence-electron chi connectivity index (χ3n) is 3.71. The van der Waals surface area contributed by atoms with Crippen molar-refractivity contribution in [1.82, 2.24) is 14.9 Å². The van der Waals surface area contributed by atoms with E-state index in [2.05, 4.69) is 10.3 Å². The molecule has 1 amide bonds. The van der Waals surface area contributed by atoms with Crippen LogP contribution in [0.1, 0.15) is 10.5 Å². The smallest absolute Gasteiger partial charge is 0.271 e. The number of imidazole rings is 1. The van der Waals surface area contributed by atoms with Gasteiger partial charge in [-0.2, -0.15) is 0 Å². The Morgan fingerprint density at radius 1 is 1.12 bits per heavy atom. The maximum Gasteiger partial charge on any atom is 0.271 e. The predicted octanol–water partition coefficient (Wildman–Crippen LogP) is 2.20. The first-order valence-electron chi connectivity index (χ1n) is 7.50. The molecule has 0 saturated heterocycles. The first kappa shape index (κ1) is 18.1. The molecule has 0 atom stereocenters. The van der Waals surface area contributed by atoms with E-state index < -0.39 is 10.0 Å². The Bertz CT molecular complexity index is 1060. The molecule has 0 radical (unpaired) electrons. The molecule has 0 spiro atoms. The van der Waals surface area contributed by atoms with Gasteiger partial charge in [-0.25, -0.2) is 18.5 Å². The molecular formula is C17H15ClN4O3S. The van der Waals surface area contributed by atoms with E-state index in [0.717, 1.165) is 5.56 Å². The third-order valence-corrected chi connectivity index (χ3v) is 4.89. The van der Waals surface area contributed by atoms with Crippen LogP contribution in [0.3, 0.4) is 0 Å².